The van der Waals surface area contributed by atoms with E-state index < -0.39 is 0 Å². The summed E-state index contributed by atoms with van der Waals surface area (Å²) < 4.78 is 11.3. The van der Waals surface area contributed by atoms with E-state index >= 15 is 0 Å². The number of oxazole rings is 1. The number of rotatable bonds is 5. The first-order chi connectivity index (χ1) is 9.36. The summed E-state index contributed by atoms with van der Waals surface area (Å²) in [5, 5.41) is 3.28. The van der Waals surface area contributed by atoms with Crippen molar-refractivity contribution in [1.82, 2.24) is 10.3 Å². The molecule has 2 heterocycles. The molecule has 0 amide bonds. The summed E-state index contributed by atoms with van der Waals surface area (Å²) in [5.74, 6) is 2.55. The van der Waals surface area contributed by atoms with Crippen LogP contribution in [0.5, 0.6) is 5.75 Å². The topological polar surface area (TPSA) is 47.3 Å². The monoisotopic (exact) mass is 258 g/mol. The lowest BCUT2D eigenvalue weighted by molar-refractivity contribution is 0.357. The van der Waals surface area contributed by atoms with E-state index in [1.54, 1.807) is 6.20 Å². The zero-order valence-electron chi connectivity index (χ0n) is 11.1. The molecule has 2 aromatic rings. The largest absolute Gasteiger partial charge is 0.493 e. The van der Waals surface area contributed by atoms with Gasteiger partial charge < -0.3 is 14.5 Å². The zero-order chi connectivity index (χ0) is 13.1. The Morgan fingerprint density at radius 1 is 1.37 bits per heavy atom. The number of hydrogen-bond donors (Lipinski definition) is 1. The zero-order valence-corrected chi connectivity index (χ0v) is 11.1. The van der Waals surface area contributed by atoms with E-state index in [4.69, 9.17) is 9.15 Å². The van der Waals surface area contributed by atoms with E-state index in [1.807, 2.05) is 12.1 Å². The van der Waals surface area contributed by atoms with E-state index in [9.17, 15) is 0 Å². The van der Waals surface area contributed by atoms with Crippen LogP contribution in [0.1, 0.15) is 24.8 Å². The van der Waals surface area contributed by atoms with Gasteiger partial charge in [0.25, 0.3) is 0 Å². The molecule has 0 spiro atoms. The molecule has 1 N–H and O–H groups in total. The van der Waals surface area contributed by atoms with Crippen molar-refractivity contribution in [2.45, 2.75) is 26.3 Å². The summed E-state index contributed by atoms with van der Waals surface area (Å²) in [6.07, 6.45) is 3.88. The molecule has 0 fully saturated rings. The molecule has 0 saturated carbocycles. The first-order valence-electron chi connectivity index (χ1n) is 6.78. The molecule has 1 aliphatic heterocycles. The second kappa shape index (κ2) is 5.45. The fourth-order valence-corrected chi connectivity index (χ4v) is 2.24. The minimum atomic E-state index is 0.682. The van der Waals surface area contributed by atoms with Crippen LogP contribution >= 0.6 is 0 Å². The van der Waals surface area contributed by atoms with E-state index in [-0.39, 0.29) is 0 Å². The first kappa shape index (κ1) is 12.2. The SMILES string of the molecule is CCCNCc1ncc(-c2ccc3c(c2)CCO3)o1. The highest BCUT2D eigenvalue weighted by atomic mass is 16.5. The van der Waals surface area contributed by atoms with Gasteiger partial charge in [-0.3, -0.25) is 0 Å². The van der Waals surface area contributed by atoms with Gasteiger partial charge >= 0.3 is 0 Å². The maximum Gasteiger partial charge on any atom is 0.208 e. The van der Waals surface area contributed by atoms with Crippen LogP contribution in [0.15, 0.2) is 28.8 Å². The fourth-order valence-electron chi connectivity index (χ4n) is 2.24. The fraction of sp³-hybridized carbons (Fsp3) is 0.400. The van der Waals surface area contributed by atoms with Crippen LogP contribution in [0.2, 0.25) is 0 Å². The number of hydrogen-bond acceptors (Lipinski definition) is 4. The van der Waals surface area contributed by atoms with Crippen molar-refractivity contribution in [3.63, 3.8) is 0 Å². The van der Waals surface area contributed by atoms with Crippen molar-refractivity contribution in [2.75, 3.05) is 13.2 Å². The highest BCUT2D eigenvalue weighted by Gasteiger charge is 2.14. The predicted molar refractivity (Wildman–Crippen MR) is 73.1 cm³/mol. The quantitative estimate of drug-likeness (QED) is 0.838. The highest BCUT2D eigenvalue weighted by molar-refractivity contribution is 5.60. The number of ether oxygens (including phenoxy) is 1. The van der Waals surface area contributed by atoms with E-state index in [1.165, 1.54) is 5.56 Å². The number of nitrogens with zero attached hydrogens (tertiary/aromatic N) is 1. The lowest BCUT2D eigenvalue weighted by Crippen LogP contribution is -2.13. The van der Waals surface area contributed by atoms with E-state index in [0.717, 1.165) is 49.0 Å². The summed E-state index contributed by atoms with van der Waals surface area (Å²) >= 11 is 0. The Morgan fingerprint density at radius 3 is 3.21 bits per heavy atom. The molecule has 0 atom stereocenters. The van der Waals surface area contributed by atoms with Gasteiger partial charge in [0, 0.05) is 12.0 Å². The lowest BCUT2D eigenvalue weighted by atomic mass is 10.1. The summed E-state index contributed by atoms with van der Waals surface area (Å²) in [5.41, 5.74) is 2.32. The molecule has 19 heavy (non-hydrogen) atoms. The molecule has 0 saturated heterocycles. The molecule has 1 aromatic heterocycles. The molecule has 0 radical (unpaired) electrons. The maximum absolute atomic E-state index is 5.76. The first-order valence-corrected chi connectivity index (χ1v) is 6.78. The third kappa shape index (κ3) is 2.63. The molecular formula is C15H18N2O2. The number of nitrogens with one attached hydrogen (secondary N) is 1. The Kier molecular flexibility index (Phi) is 3.51. The van der Waals surface area contributed by atoms with Crippen LogP contribution in [0.4, 0.5) is 0 Å². The van der Waals surface area contributed by atoms with Crippen LogP contribution in [0, 0.1) is 0 Å². The Bertz CT molecular complexity index is 563. The summed E-state index contributed by atoms with van der Waals surface area (Å²) in [6.45, 7) is 4.58. The molecule has 0 unspecified atom stereocenters. The normalized spacial score (nSPS) is 13.3. The van der Waals surface area contributed by atoms with Crippen LogP contribution in [0.3, 0.4) is 0 Å². The molecule has 100 valence electrons. The van der Waals surface area contributed by atoms with Gasteiger partial charge in [-0.2, -0.15) is 0 Å². The average Bonchev–Trinajstić information content (AvgIpc) is 3.06. The summed E-state index contributed by atoms with van der Waals surface area (Å²) in [4.78, 5) is 4.30. The Balaban J connectivity index is 1.75. The standard InChI is InChI=1S/C15H18N2O2/c1-2-6-16-10-15-17-9-14(19-15)11-3-4-13-12(8-11)5-7-18-13/h3-4,8-9,16H,2,5-7,10H2,1H3. The second-order valence-electron chi connectivity index (χ2n) is 4.72. The number of fused-ring (bicyclic) bond motifs is 1. The van der Waals surface area contributed by atoms with Crippen molar-refractivity contribution < 1.29 is 9.15 Å². The molecule has 1 aromatic carbocycles. The molecule has 1 aliphatic rings. The molecule has 4 nitrogen and oxygen atoms in total. The van der Waals surface area contributed by atoms with E-state index in [0.29, 0.717) is 6.54 Å². The lowest BCUT2D eigenvalue weighted by Gasteiger charge is -2.01. The Hall–Kier alpha value is -1.81. The molecular weight excluding hydrogens is 240 g/mol. The van der Waals surface area contributed by atoms with Crippen molar-refractivity contribution in [1.29, 1.82) is 0 Å². The van der Waals surface area contributed by atoms with Gasteiger partial charge in [0.1, 0.15) is 5.75 Å². The van der Waals surface area contributed by atoms with Gasteiger partial charge in [-0.05, 0) is 36.7 Å². The minimum absolute atomic E-state index is 0.682. The average molecular weight is 258 g/mol. The third-order valence-electron chi connectivity index (χ3n) is 3.23. The van der Waals surface area contributed by atoms with Gasteiger partial charge in [-0.1, -0.05) is 6.92 Å². The number of aromatic nitrogens is 1. The molecule has 0 aliphatic carbocycles. The van der Waals surface area contributed by atoms with Gasteiger partial charge in [0.15, 0.2) is 5.76 Å². The van der Waals surface area contributed by atoms with Crippen LogP contribution < -0.4 is 10.1 Å². The maximum atomic E-state index is 5.76. The number of benzene rings is 1. The Labute approximate surface area is 112 Å². The summed E-state index contributed by atoms with van der Waals surface area (Å²) in [7, 11) is 0. The van der Waals surface area contributed by atoms with Crippen molar-refractivity contribution in [3.8, 4) is 17.1 Å². The molecule has 0 bridgehead atoms. The van der Waals surface area contributed by atoms with Gasteiger partial charge in [-0.15, -0.1) is 0 Å². The highest BCUT2D eigenvalue weighted by Crippen LogP contribution is 2.30. The molecule has 4 heteroatoms. The van der Waals surface area contributed by atoms with Crippen molar-refractivity contribution in [2.24, 2.45) is 0 Å². The van der Waals surface area contributed by atoms with Crippen LogP contribution in [-0.4, -0.2) is 18.1 Å². The van der Waals surface area contributed by atoms with Crippen LogP contribution in [0.25, 0.3) is 11.3 Å². The smallest absolute Gasteiger partial charge is 0.208 e. The van der Waals surface area contributed by atoms with Gasteiger partial charge in [0.05, 0.1) is 19.3 Å². The van der Waals surface area contributed by atoms with Crippen molar-refractivity contribution >= 4 is 0 Å². The predicted octanol–water partition coefficient (Wildman–Crippen LogP) is 2.78. The van der Waals surface area contributed by atoms with Crippen LogP contribution in [-0.2, 0) is 13.0 Å². The van der Waals surface area contributed by atoms with Gasteiger partial charge in [-0.25, -0.2) is 4.98 Å². The Morgan fingerprint density at radius 2 is 2.32 bits per heavy atom. The minimum Gasteiger partial charge on any atom is -0.493 e. The van der Waals surface area contributed by atoms with Gasteiger partial charge in [0.2, 0.25) is 5.89 Å². The van der Waals surface area contributed by atoms with E-state index in [2.05, 4.69) is 23.3 Å². The van der Waals surface area contributed by atoms with Crippen molar-refractivity contribution in [3.05, 3.63) is 35.9 Å². The second-order valence-corrected chi connectivity index (χ2v) is 4.72. The molecule has 3 rings (SSSR count). The summed E-state index contributed by atoms with van der Waals surface area (Å²) in [6, 6.07) is 6.16. The third-order valence-corrected chi connectivity index (χ3v) is 3.23.